The topological polar surface area (TPSA) is 118 Å². The number of hydrogen-bond acceptors (Lipinski definition) is 8. The Kier molecular flexibility index (Phi) is 7.98. The number of esters is 1. The molecule has 0 aliphatic carbocycles. The summed E-state index contributed by atoms with van der Waals surface area (Å²) in [5, 5.41) is 13.0. The number of rotatable bonds is 8. The summed E-state index contributed by atoms with van der Waals surface area (Å²) in [6, 6.07) is 13.6. The molecule has 1 unspecified atom stereocenters. The molecule has 166 valence electrons. The van der Waals surface area contributed by atoms with Crippen LogP contribution in [-0.2, 0) is 14.3 Å². The van der Waals surface area contributed by atoms with Crippen molar-refractivity contribution >= 4 is 46.6 Å². The molecule has 10 heteroatoms. The van der Waals surface area contributed by atoms with Crippen molar-refractivity contribution in [1.29, 1.82) is 0 Å². The fourth-order valence-electron chi connectivity index (χ4n) is 2.71. The van der Waals surface area contributed by atoms with Crippen molar-refractivity contribution in [2.24, 2.45) is 10.2 Å². The van der Waals surface area contributed by atoms with Crippen molar-refractivity contribution in [1.82, 2.24) is 5.32 Å². The van der Waals surface area contributed by atoms with E-state index in [0.717, 1.165) is 23.1 Å². The molecule has 2 amide bonds. The lowest BCUT2D eigenvalue weighted by molar-refractivity contribution is -0.122. The number of carbonyl (C=O) groups is 3. The van der Waals surface area contributed by atoms with Crippen molar-refractivity contribution in [3.8, 4) is 5.75 Å². The summed E-state index contributed by atoms with van der Waals surface area (Å²) in [6.07, 6.45) is 1.52. The molecule has 3 rings (SSSR count). The maximum atomic E-state index is 12.3. The lowest BCUT2D eigenvalue weighted by Gasteiger charge is -2.08. The number of nitrogens with zero attached hydrogens (tertiary/aromatic N) is 2. The van der Waals surface area contributed by atoms with Crippen LogP contribution >= 0.6 is 11.8 Å². The highest BCUT2D eigenvalue weighted by molar-refractivity contribution is 8.15. The number of amides is 2. The van der Waals surface area contributed by atoms with Gasteiger partial charge < -0.3 is 20.1 Å². The normalized spacial score (nSPS) is 16.8. The van der Waals surface area contributed by atoms with Crippen LogP contribution in [0.15, 0.2) is 58.7 Å². The monoisotopic (exact) mass is 454 g/mol. The largest absolute Gasteiger partial charge is 0.497 e. The molecule has 2 N–H and O–H groups in total. The van der Waals surface area contributed by atoms with E-state index < -0.39 is 11.2 Å². The first-order valence-electron chi connectivity index (χ1n) is 9.78. The van der Waals surface area contributed by atoms with Gasteiger partial charge in [0.05, 0.1) is 25.5 Å². The van der Waals surface area contributed by atoms with Crippen LogP contribution in [0.25, 0.3) is 0 Å². The summed E-state index contributed by atoms with van der Waals surface area (Å²) in [7, 11) is 1.59. The fourth-order valence-corrected chi connectivity index (χ4v) is 3.63. The molecule has 2 aromatic carbocycles. The lowest BCUT2D eigenvalue weighted by atomic mass is 10.2. The first-order chi connectivity index (χ1) is 15.5. The number of thioether (sulfide) groups is 1. The summed E-state index contributed by atoms with van der Waals surface area (Å²) in [6.45, 7) is 2.02. The summed E-state index contributed by atoms with van der Waals surface area (Å²) >= 11 is 1.14. The van der Waals surface area contributed by atoms with Crippen LogP contribution in [0, 0.1) is 0 Å². The molecule has 1 fully saturated rings. The zero-order valence-electron chi connectivity index (χ0n) is 17.5. The minimum absolute atomic E-state index is 0.0304. The zero-order chi connectivity index (χ0) is 22.9. The Morgan fingerprint density at radius 1 is 1.16 bits per heavy atom. The van der Waals surface area contributed by atoms with Crippen molar-refractivity contribution in [3.63, 3.8) is 0 Å². The van der Waals surface area contributed by atoms with Gasteiger partial charge >= 0.3 is 5.97 Å². The van der Waals surface area contributed by atoms with Gasteiger partial charge in [0.2, 0.25) is 11.8 Å². The minimum Gasteiger partial charge on any atom is -0.497 e. The highest BCUT2D eigenvalue weighted by atomic mass is 32.2. The van der Waals surface area contributed by atoms with Gasteiger partial charge in [-0.25, -0.2) is 4.79 Å². The Morgan fingerprint density at radius 2 is 1.88 bits per heavy atom. The van der Waals surface area contributed by atoms with Gasteiger partial charge in [-0.15, -0.1) is 5.10 Å². The molecule has 1 heterocycles. The van der Waals surface area contributed by atoms with E-state index >= 15 is 0 Å². The fraction of sp³-hybridized carbons (Fsp3) is 0.227. The molecule has 9 nitrogen and oxygen atoms in total. The third-order valence-electron chi connectivity index (χ3n) is 4.30. The molecule has 1 aliphatic heterocycles. The van der Waals surface area contributed by atoms with E-state index in [1.165, 1.54) is 0 Å². The number of anilines is 1. The van der Waals surface area contributed by atoms with Crippen LogP contribution < -0.4 is 15.4 Å². The van der Waals surface area contributed by atoms with Gasteiger partial charge in [0.25, 0.3) is 0 Å². The molecule has 1 saturated heterocycles. The molecule has 32 heavy (non-hydrogen) atoms. The minimum atomic E-state index is -0.608. The van der Waals surface area contributed by atoms with Crippen LogP contribution in [0.4, 0.5) is 5.69 Å². The van der Waals surface area contributed by atoms with E-state index in [0.29, 0.717) is 16.4 Å². The van der Waals surface area contributed by atoms with E-state index in [1.807, 2.05) is 12.1 Å². The van der Waals surface area contributed by atoms with Gasteiger partial charge in [-0.2, -0.15) is 5.10 Å². The zero-order valence-corrected chi connectivity index (χ0v) is 18.3. The molecule has 0 spiro atoms. The van der Waals surface area contributed by atoms with Crippen molar-refractivity contribution in [2.45, 2.75) is 18.6 Å². The second-order valence-corrected chi connectivity index (χ2v) is 7.76. The molecule has 0 aromatic heterocycles. The standard InChI is InChI=1S/C22H22N4O5S/c1-3-31-21(29)15-6-8-16(9-7-15)24-19(27)12-18-20(28)25-22(32-18)26-23-13-14-4-10-17(30-2)11-5-14/h4-11,13,18H,3,12H2,1-2H3,(H,24,27)(H,25,26,28). The third kappa shape index (κ3) is 6.42. The van der Waals surface area contributed by atoms with E-state index in [9.17, 15) is 14.4 Å². The second-order valence-electron chi connectivity index (χ2n) is 6.57. The highest BCUT2D eigenvalue weighted by Crippen LogP contribution is 2.23. The van der Waals surface area contributed by atoms with Crippen LogP contribution in [0.2, 0.25) is 0 Å². The average Bonchev–Trinajstić information content (AvgIpc) is 3.13. The van der Waals surface area contributed by atoms with Crippen molar-refractivity contribution < 1.29 is 23.9 Å². The number of ether oxygens (including phenoxy) is 2. The molecule has 1 aliphatic rings. The number of nitrogens with one attached hydrogen (secondary N) is 2. The Morgan fingerprint density at radius 3 is 2.53 bits per heavy atom. The van der Waals surface area contributed by atoms with Gasteiger partial charge in [-0.3, -0.25) is 9.59 Å². The molecule has 0 bridgehead atoms. The highest BCUT2D eigenvalue weighted by Gasteiger charge is 2.32. The number of carbonyl (C=O) groups excluding carboxylic acids is 3. The van der Waals surface area contributed by atoms with Gasteiger partial charge in [0.15, 0.2) is 5.17 Å². The summed E-state index contributed by atoms with van der Waals surface area (Å²) in [5.41, 5.74) is 1.74. The van der Waals surface area contributed by atoms with Crippen molar-refractivity contribution in [2.75, 3.05) is 19.0 Å². The lowest BCUT2D eigenvalue weighted by Crippen LogP contribution is -2.28. The van der Waals surface area contributed by atoms with Gasteiger partial charge in [0.1, 0.15) is 11.0 Å². The van der Waals surface area contributed by atoms with Crippen molar-refractivity contribution in [3.05, 3.63) is 59.7 Å². The van der Waals surface area contributed by atoms with Crippen LogP contribution in [0.1, 0.15) is 29.3 Å². The second kappa shape index (κ2) is 11.1. The smallest absolute Gasteiger partial charge is 0.338 e. The predicted molar refractivity (Wildman–Crippen MR) is 123 cm³/mol. The van der Waals surface area contributed by atoms with Gasteiger partial charge in [0, 0.05) is 12.1 Å². The molecular weight excluding hydrogens is 432 g/mol. The number of hydrogen-bond donors (Lipinski definition) is 2. The number of amidine groups is 1. The third-order valence-corrected chi connectivity index (χ3v) is 5.37. The van der Waals surface area contributed by atoms with Crippen LogP contribution in [-0.4, -0.2) is 48.1 Å². The quantitative estimate of drug-likeness (QED) is 0.360. The Bertz CT molecular complexity index is 1040. The first kappa shape index (κ1) is 23.0. The first-order valence-corrected chi connectivity index (χ1v) is 10.7. The van der Waals surface area contributed by atoms with E-state index in [1.54, 1.807) is 56.6 Å². The van der Waals surface area contributed by atoms with Crippen LogP contribution in [0.5, 0.6) is 5.75 Å². The number of benzene rings is 2. The Hall–Kier alpha value is -3.66. The summed E-state index contributed by atoms with van der Waals surface area (Å²) in [4.78, 5) is 36.1. The summed E-state index contributed by atoms with van der Waals surface area (Å²) < 4.78 is 10.0. The molecular formula is C22H22N4O5S. The van der Waals surface area contributed by atoms with E-state index in [4.69, 9.17) is 9.47 Å². The van der Waals surface area contributed by atoms with Gasteiger partial charge in [-0.1, -0.05) is 11.8 Å². The summed E-state index contributed by atoms with van der Waals surface area (Å²) in [5.74, 6) is -0.320. The van der Waals surface area contributed by atoms with Gasteiger partial charge in [-0.05, 0) is 61.0 Å². The average molecular weight is 455 g/mol. The predicted octanol–water partition coefficient (Wildman–Crippen LogP) is 2.82. The molecule has 0 radical (unpaired) electrons. The van der Waals surface area contributed by atoms with Crippen LogP contribution in [0.3, 0.4) is 0 Å². The molecule has 2 aromatic rings. The SMILES string of the molecule is CCOC(=O)c1ccc(NC(=O)CC2SC(=NN=Cc3ccc(OC)cc3)NC2=O)cc1. The molecule has 0 saturated carbocycles. The number of methoxy groups -OCH3 is 1. The maximum absolute atomic E-state index is 12.3. The van der Waals surface area contributed by atoms with E-state index in [-0.39, 0.29) is 24.8 Å². The molecule has 1 atom stereocenters. The Balaban J connectivity index is 1.51. The van der Waals surface area contributed by atoms with E-state index in [2.05, 4.69) is 20.8 Å². The maximum Gasteiger partial charge on any atom is 0.338 e. The Labute approximate surface area is 189 Å².